The Labute approximate surface area is 127 Å². The summed E-state index contributed by atoms with van der Waals surface area (Å²) in [6.45, 7) is 3.19. The molecule has 2 rings (SSSR count). The van der Waals surface area contributed by atoms with Crippen LogP contribution in [-0.4, -0.2) is 36.0 Å². The number of ether oxygens (including phenoxy) is 1. The number of benzene rings is 1. The molecule has 0 N–H and O–H groups in total. The van der Waals surface area contributed by atoms with Crippen molar-refractivity contribution in [3.05, 3.63) is 34.6 Å². The van der Waals surface area contributed by atoms with Gasteiger partial charge in [0.05, 0.1) is 12.7 Å². The Hall–Kier alpha value is -0.160. The highest BCUT2D eigenvalue weighted by Gasteiger charge is 2.21. The summed E-state index contributed by atoms with van der Waals surface area (Å²) in [7, 11) is 0. The van der Waals surface area contributed by atoms with Crippen LogP contribution in [0.4, 0.5) is 4.39 Å². The first kappa shape index (κ1) is 15.2. The Bertz CT molecular complexity index is 390. The molecule has 1 fully saturated rings. The molecule has 0 radical (unpaired) electrons. The molecule has 106 valence electrons. The number of hydrogen-bond donors (Lipinski definition) is 0. The van der Waals surface area contributed by atoms with Gasteiger partial charge in [-0.15, -0.1) is 0 Å². The fraction of sp³-hybridized carbons (Fsp3) is 0.571. The number of alkyl halides is 1. The van der Waals surface area contributed by atoms with Crippen molar-refractivity contribution in [3.8, 4) is 0 Å². The molecule has 0 amide bonds. The van der Waals surface area contributed by atoms with Gasteiger partial charge in [-0.25, -0.2) is 4.39 Å². The van der Waals surface area contributed by atoms with Crippen molar-refractivity contribution in [1.82, 2.24) is 4.90 Å². The highest BCUT2D eigenvalue weighted by molar-refractivity contribution is 9.09. The summed E-state index contributed by atoms with van der Waals surface area (Å²) in [5, 5.41) is 1.38. The fourth-order valence-corrected chi connectivity index (χ4v) is 2.76. The molecule has 0 aromatic heterocycles. The molecule has 19 heavy (non-hydrogen) atoms. The maximum Gasteiger partial charge on any atom is 0.129 e. The van der Waals surface area contributed by atoms with E-state index in [0.717, 1.165) is 37.9 Å². The lowest BCUT2D eigenvalue weighted by atomic mass is 10.1. The van der Waals surface area contributed by atoms with Crippen molar-refractivity contribution in [2.24, 2.45) is 0 Å². The van der Waals surface area contributed by atoms with E-state index in [2.05, 4.69) is 20.8 Å². The van der Waals surface area contributed by atoms with E-state index >= 15 is 0 Å². The first-order chi connectivity index (χ1) is 9.20. The third-order valence-corrected chi connectivity index (χ3v) is 4.09. The summed E-state index contributed by atoms with van der Waals surface area (Å²) in [5.41, 5.74) is 0.601. The number of rotatable bonds is 5. The van der Waals surface area contributed by atoms with Crippen LogP contribution < -0.4 is 0 Å². The summed E-state index contributed by atoms with van der Waals surface area (Å²) in [6, 6.07) is 4.85. The van der Waals surface area contributed by atoms with Crippen molar-refractivity contribution < 1.29 is 9.13 Å². The van der Waals surface area contributed by atoms with Gasteiger partial charge in [-0.3, -0.25) is 4.90 Å². The minimum Gasteiger partial charge on any atom is -0.377 e. The molecule has 0 atom stereocenters. The highest BCUT2D eigenvalue weighted by Crippen LogP contribution is 2.23. The fourth-order valence-electron chi connectivity index (χ4n) is 2.35. The lowest BCUT2D eigenvalue weighted by Crippen LogP contribution is -2.37. The summed E-state index contributed by atoms with van der Waals surface area (Å²) in [4.78, 5) is 2.23. The second kappa shape index (κ2) is 7.58. The maximum absolute atomic E-state index is 13.7. The first-order valence-electron chi connectivity index (χ1n) is 6.53. The molecule has 0 bridgehead atoms. The molecule has 1 aromatic rings. The molecule has 1 saturated heterocycles. The molecular formula is C14H18BrClFNO. The zero-order chi connectivity index (χ0) is 13.7. The standard InChI is InChI=1S/C14H18BrClFNO/c15-6-9-19-11-4-7-18(8-5-11)10-12-13(16)2-1-3-14(12)17/h1-3,11H,4-10H2. The second-order valence-corrected chi connectivity index (χ2v) is 5.94. The summed E-state index contributed by atoms with van der Waals surface area (Å²) >= 11 is 9.41. The van der Waals surface area contributed by atoms with Crippen LogP contribution in [0.3, 0.4) is 0 Å². The van der Waals surface area contributed by atoms with Gasteiger partial charge in [-0.05, 0) is 25.0 Å². The highest BCUT2D eigenvalue weighted by atomic mass is 79.9. The van der Waals surface area contributed by atoms with Gasteiger partial charge in [0.15, 0.2) is 0 Å². The SMILES string of the molecule is Fc1cccc(Cl)c1CN1CCC(OCCBr)CC1. The smallest absolute Gasteiger partial charge is 0.129 e. The van der Waals surface area contributed by atoms with Gasteiger partial charge in [-0.2, -0.15) is 0 Å². The molecule has 0 aliphatic carbocycles. The van der Waals surface area contributed by atoms with Crippen molar-refractivity contribution in [2.45, 2.75) is 25.5 Å². The average molecular weight is 351 g/mol. The van der Waals surface area contributed by atoms with Crippen LogP contribution in [0.5, 0.6) is 0 Å². The minimum absolute atomic E-state index is 0.217. The average Bonchev–Trinajstić information content (AvgIpc) is 2.42. The summed E-state index contributed by atoms with van der Waals surface area (Å²) in [6.07, 6.45) is 2.34. The molecule has 5 heteroatoms. The van der Waals surface area contributed by atoms with E-state index in [9.17, 15) is 4.39 Å². The number of likely N-dealkylation sites (tertiary alicyclic amines) is 1. The third-order valence-electron chi connectivity index (χ3n) is 3.41. The molecule has 2 nitrogen and oxygen atoms in total. The van der Waals surface area contributed by atoms with Crippen molar-refractivity contribution in [1.29, 1.82) is 0 Å². The number of hydrogen-bond acceptors (Lipinski definition) is 2. The predicted octanol–water partition coefficient (Wildman–Crippen LogP) is 3.86. The van der Waals surface area contributed by atoms with E-state index in [4.69, 9.17) is 16.3 Å². The van der Waals surface area contributed by atoms with Crippen molar-refractivity contribution in [2.75, 3.05) is 25.0 Å². The van der Waals surface area contributed by atoms with Crippen LogP contribution in [0, 0.1) is 5.82 Å². The maximum atomic E-state index is 13.7. The van der Waals surface area contributed by atoms with E-state index in [1.54, 1.807) is 12.1 Å². The molecule has 1 aromatic carbocycles. The van der Waals surface area contributed by atoms with Gasteiger partial charge >= 0.3 is 0 Å². The Balaban J connectivity index is 1.85. The number of nitrogens with zero attached hydrogens (tertiary/aromatic N) is 1. The van der Waals surface area contributed by atoms with Gasteiger partial charge in [0.25, 0.3) is 0 Å². The molecular weight excluding hydrogens is 333 g/mol. The van der Waals surface area contributed by atoms with Gasteiger partial charge in [0, 0.05) is 35.6 Å². The van der Waals surface area contributed by atoms with E-state index < -0.39 is 0 Å². The van der Waals surface area contributed by atoms with E-state index in [0.29, 0.717) is 23.2 Å². The molecule has 0 unspecified atom stereocenters. The van der Waals surface area contributed by atoms with Gasteiger partial charge in [0.2, 0.25) is 0 Å². The number of halogens is 3. The Kier molecular flexibility index (Phi) is 6.07. The first-order valence-corrected chi connectivity index (χ1v) is 8.03. The van der Waals surface area contributed by atoms with Crippen LogP contribution in [0.1, 0.15) is 18.4 Å². The van der Waals surface area contributed by atoms with Gasteiger partial charge in [0.1, 0.15) is 5.82 Å². The Morgan fingerprint density at radius 1 is 1.37 bits per heavy atom. The molecule has 1 aliphatic heterocycles. The normalized spacial score (nSPS) is 17.8. The molecule has 1 heterocycles. The van der Waals surface area contributed by atoms with E-state index in [1.165, 1.54) is 6.07 Å². The molecule has 0 saturated carbocycles. The summed E-state index contributed by atoms with van der Waals surface area (Å²) in [5.74, 6) is -0.217. The minimum atomic E-state index is -0.217. The van der Waals surface area contributed by atoms with Crippen LogP contribution >= 0.6 is 27.5 Å². The lowest BCUT2D eigenvalue weighted by molar-refractivity contribution is 0.0139. The van der Waals surface area contributed by atoms with E-state index in [1.807, 2.05) is 0 Å². The van der Waals surface area contributed by atoms with Gasteiger partial charge < -0.3 is 4.74 Å². The van der Waals surface area contributed by atoms with Crippen LogP contribution in [0.15, 0.2) is 18.2 Å². The van der Waals surface area contributed by atoms with Crippen molar-refractivity contribution in [3.63, 3.8) is 0 Å². The molecule has 1 aliphatic rings. The van der Waals surface area contributed by atoms with Crippen LogP contribution in [-0.2, 0) is 11.3 Å². The zero-order valence-corrected chi connectivity index (χ0v) is 13.1. The topological polar surface area (TPSA) is 12.5 Å². The predicted molar refractivity (Wildman–Crippen MR) is 79.5 cm³/mol. The zero-order valence-electron chi connectivity index (χ0n) is 10.7. The number of piperidine rings is 1. The molecule has 0 spiro atoms. The third kappa shape index (κ3) is 4.42. The second-order valence-electron chi connectivity index (χ2n) is 4.74. The lowest BCUT2D eigenvalue weighted by Gasteiger charge is -2.32. The van der Waals surface area contributed by atoms with Crippen LogP contribution in [0.2, 0.25) is 5.02 Å². The Morgan fingerprint density at radius 3 is 2.74 bits per heavy atom. The Morgan fingerprint density at radius 2 is 2.11 bits per heavy atom. The summed E-state index contributed by atoms with van der Waals surface area (Å²) < 4.78 is 19.4. The monoisotopic (exact) mass is 349 g/mol. The van der Waals surface area contributed by atoms with Gasteiger partial charge in [-0.1, -0.05) is 33.6 Å². The van der Waals surface area contributed by atoms with E-state index in [-0.39, 0.29) is 5.82 Å². The van der Waals surface area contributed by atoms with Crippen molar-refractivity contribution >= 4 is 27.5 Å². The van der Waals surface area contributed by atoms with Crippen LogP contribution in [0.25, 0.3) is 0 Å². The largest absolute Gasteiger partial charge is 0.377 e. The quantitative estimate of drug-likeness (QED) is 0.748.